The van der Waals surface area contributed by atoms with E-state index in [1.165, 1.54) is 6.07 Å². The fourth-order valence-electron chi connectivity index (χ4n) is 0.920. The summed E-state index contributed by atoms with van der Waals surface area (Å²) < 4.78 is 10.2. The highest BCUT2D eigenvalue weighted by molar-refractivity contribution is 9.10. The third kappa shape index (κ3) is 4.45. The number of amides is 1. The summed E-state index contributed by atoms with van der Waals surface area (Å²) in [5.74, 6) is -1.23. The molecule has 0 saturated carbocycles. The molecule has 1 heterocycles. The molecule has 0 aliphatic heterocycles. The number of carboxylic acid groups (broad SMARTS) is 1. The van der Waals surface area contributed by atoms with Crippen molar-refractivity contribution in [3.8, 4) is 0 Å². The second kappa shape index (κ2) is 6.29. The maximum Gasteiger partial charge on any atom is 0.329 e. The van der Waals surface area contributed by atoms with E-state index in [1.54, 1.807) is 6.07 Å². The first-order valence-electron chi connectivity index (χ1n) is 4.42. The molecule has 1 amide bonds. The van der Waals surface area contributed by atoms with Crippen LogP contribution in [0.3, 0.4) is 0 Å². The minimum Gasteiger partial charge on any atom is -0.480 e. The SMILES string of the molecule is O=C(O)COCCNC(=O)c1ccc(Br)o1. The van der Waals surface area contributed by atoms with Gasteiger partial charge in [-0.15, -0.1) is 0 Å². The maximum atomic E-state index is 11.4. The van der Waals surface area contributed by atoms with Gasteiger partial charge < -0.3 is 19.6 Å². The molecule has 0 saturated heterocycles. The second-order valence-corrected chi connectivity index (χ2v) is 3.59. The first-order chi connectivity index (χ1) is 7.59. The van der Waals surface area contributed by atoms with Crippen LogP contribution in [0.2, 0.25) is 0 Å². The Morgan fingerprint density at radius 2 is 2.25 bits per heavy atom. The number of aliphatic carboxylic acids is 1. The van der Waals surface area contributed by atoms with E-state index in [4.69, 9.17) is 14.3 Å². The molecule has 0 atom stereocenters. The Morgan fingerprint density at radius 3 is 2.81 bits per heavy atom. The number of hydrogen-bond donors (Lipinski definition) is 2. The zero-order valence-corrected chi connectivity index (χ0v) is 9.82. The van der Waals surface area contributed by atoms with Crippen molar-refractivity contribution in [2.45, 2.75) is 0 Å². The van der Waals surface area contributed by atoms with Gasteiger partial charge >= 0.3 is 5.97 Å². The number of rotatable bonds is 6. The number of carboxylic acids is 1. The fraction of sp³-hybridized carbons (Fsp3) is 0.333. The summed E-state index contributed by atoms with van der Waals surface area (Å²) >= 11 is 3.07. The molecular formula is C9H10BrNO5. The maximum absolute atomic E-state index is 11.4. The molecule has 0 fully saturated rings. The van der Waals surface area contributed by atoms with Crippen LogP contribution < -0.4 is 5.32 Å². The zero-order chi connectivity index (χ0) is 12.0. The van der Waals surface area contributed by atoms with Crippen LogP contribution in [0.1, 0.15) is 10.6 Å². The molecule has 0 radical (unpaired) electrons. The molecule has 6 nitrogen and oxygen atoms in total. The predicted molar refractivity (Wildman–Crippen MR) is 57.2 cm³/mol. The molecule has 1 aromatic rings. The average Bonchev–Trinajstić information content (AvgIpc) is 2.63. The predicted octanol–water partition coefficient (Wildman–Crippen LogP) is 0.873. The highest BCUT2D eigenvalue weighted by Crippen LogP contribution is 2.13. The lowest BCUT2D eigenvalue weighted by molar-refractivity contribution is -0.142. The first-order valence-corrected chi connectivity index (χ1v) is 5.22. The van der Waals surface area contributed by atoms with Gasteiger partial charge in [0.1, 0.15) is 6.61 Å². The summed E-state index contributed by atoms with van der Waals surface area (Å²) in [6.07, 6.45) is 0. The average molecular weight is 292 g/mol. The Balaban J connectivity index is 2.18. The molecular weight excluding hydrogens is 282 g/mol. The van der Waals surface area contributed by atoms with Crippen LogP contribution in [0.25, 0.3) is 0 Å². The summed E-state index contributed by atoms with van der Waals surface area (Å²) in [5, 5.41) is 10.8. The van der Waals surface area contributed by atoms with Gasteiger partial charge in [-0.25, -0.2) is 4.79 Å². The number of ether oxygens (including phenoxy) is 1. The van der Waals surface area contributed by atoms with Crippen LogP contribution in [0.4, 0.5) is 0 Å². The molecule has 1 aromatic heterocycles. The van der Waals surface area contributed by atoms with Gasteiger partial charge in [0.25, 0.3) is 5.91 Å². The van der Waals surface area contributed by atoms with Gasteiger partial charge in [-0.3, -0.25) is 4.79 Å². The zero-order valence-electron chi connectivity index (χ0n) is 8.23. The van der Waals surface area contributed by atoms with Crippen molar-refractivity contribution in [2.24, 2.45) is 0 Å². The monoisotopic (exact) mass is 291 g/mol. The van der Waals surface area contributed by atoms with Crippen LogP contribution >= 0.6 is 15.9 Å². The Bertz CT molecular complexity index is 376. The second-order valence-electron chi connectivity index (χ2n) is 2.81. The van der Waals surface area contributed by atoms with Gasteiger partial charge in [0.15, 0.2) is 10.4 Å². The van der Waals surface area contributed by atoms with Gasteiger partial charge in [-0.2, -0.15) is 0 Å². The Morgan fingerprint density at radius 1 is 1.50 bits per heavy atom. The first kappa shape index (κ1) is 12.7. The van der Waals surface area contributed by atoms with Crippen molar-refractivity contribution in [3.05, 3.63) is 22.6 Å². The Labute approximate surface area is 99.7 Å². The summed E-state index contributed by atoms with van der Waals surface area (Å²) in [5.41, 5.74) is 0. The number of hydrogen-bond acceptors (Lipinski definition) is 4. The van der Waals surface area contributed by atoms with E-state index in [0.29, 0.717) is 4.67 Å². The summed E-state index contributed by atoms with van der Waals surface area (Å²) in [7, 11) is 0. The smallest absolute Gasteiger partial charge is 0.329 e. The lowest BCUT2D eigenvalue weighted by atomic mass is 10.4. The van der Waals surface area contributed by atoms with E-state index in [1.807, 2.05) is 0 Å². The van der Waals surface area contributed by atoms with Crippen LogP contribution in [0, 0.1) is 0 Å². The summed E-state index contributed by atoms with van der Waals surface area (Å²) in [4.78, 5) is 21.4. The van der Waals surface area contributed by atoms with Crippen molar-refractivity contribution in [3.63, 3.8) is 0 Å². The van der Waals surface area contributed by atoms with Gasteiger partial charge in [0.05, 0.1) is 6.61 Å². The van der Waals surface area contributed by atoms with Crippen molar-refractivity contribution in [1.29, 1.82) is 0 Å². The van der Waals surface area contributed by atoms with Gasteiger partial charge in [-0.1, -0.05) is 0 Å². The third-order valence-corrected chi connectivity index (χ3v) is 1.98. The molecule has 16 heavy (non-hydrogen) atoms. The molecule has 2 N–H and O–H groups in total. The minimum absolute atomic E-state index is 0.139. The summed E-state index contributed by atoms with van der Waals surface area (Å²) in [6.45, 7) is -0.00742. The van der Waals surface area contributed by atoms with Crippen molar-refractivity contribution in [2.75, 3.05) is 19.8 Å². The highest BCUT2D eigenvalue weighted by Gasteiger charge is 2.09. The van der Waals surface area contributed by atoms with Crippen LogP contribution in [0.5, 0.6) is 0 Å². The largest absolute Gasteiger partial charge is 0.480 e. The highest BCUT2D eigenvalue weighted by atomic mass is 79.9. The number of halogens is 1. The molecule has 0 aliphatic rings. The quantitative estimate of drug-likeness (QED) is 0.760. The van der Waals surface area contributed by atoms with E-state index in [-0.39, 0.29) is 31.4 Å². The van der Waals surface area contributed by atoms with Gasteiger partial charge in [0, 0.05) is 6.54 Å². The Kier molecular flexibility index (Phi) is 5.00. The van der Waals surface area contributed by atoms with E-state index in [2.05, 4.69) is 21.2 Å². The lowest BCUT2D eigenvalue weighted by Gasteiger charge is -2.02. The number of carbonyl (C=O) groups is 2. The third-order valence-electron chi connectivity index (χ3n) is 1.55. The standard InChI is InChI=1S/C9H10BrNO5/c10-7-2-1-6(16-7)9(14)11-3-4-15-5-8(12)13/h1-2H,3-5H2,(H,11,14)(H,12,13). The van der Waals surface area contributed by atoms with Crippen LogP contribution in [-0.4, -0.2) is 36.7 Å². The van der Waals surface area contributed by atoms with Crippen molar-refractivity contribution in [1.82, 2.24) is 5.32 Å². The van der Waals surface area contributed by atoms with E-state index in [9.17, 15) is 9.59 Å². The molecule has 0 bridgehead atoms. The molecule has 1 rings (SSSR count). The number of nitrogens with one attached hydrogen (secondary N) is 1. The normalized spacial score (nSPS) is 10.1. The fourth-order valence-corrected chi connectivity index (χ4v) is 1.23. The molecule has 0 aromatic carbocycles. The molecule has 0 spiro atoms. The Hall–Kier alpha value is -1.34. The molecule has 88 valence electrons. The van der Waals surface area contributed by atoms with E-state index >= 15 is 0 Å². The summed E-state index contributed by atoms with van der Waals surface area (Å²) in [6, 6.07) is 3.13. The van der Waals surface area contributed by atoms with Gasteiger partial charge in [-0.05, 0) is 28.1 Å². The molecule has 7 heteroatoms. The van der Waals surface area contributed by atoms with Crippen molar-refractivity contribution < 1.29 is 23.8 Å². The number of furan rings is 1. The lowest BCUT2D eigenvalue weighted by Crippen LogP contribution is -2.27. The van der Waals surface area contributed by atoms with Crippen LogP contribution in [0.15, 0.2) is 21.2 Å². The molecule has 0 unspecified atom stereocenters. The topological polar surface area (TPSA) is 88.8 Å². The van der Waals surface area contributed by atoms with E-state index in [0.717, 1.165) is 0 Å². The number of carbonyl (C=O) groups excluding carboxylic acids is 1. The molecule has 0 aliphatic carbocycles. The van der Waals surface area contributed by atoms with Gasteiger partial charge in [0.2, 0.25) is 0 Å². The van der Waals surface area contributed by atoms with Crippen LogP contribution in [-0.2, 0) is 9.53 Å². The van der Waals surface area contributed by atoms with Crippen molar-refractivity contribution >= 4 is 27.8 Å². The van der Waals surface area contributed by atoms with E-state index < -0.39 is 5.97 Å². The minimum atomic E-state index is -1.04.